The Morgan fingerprint density at radius 2 is 1.84 bits per heavy atom. The van der Waals surface area contributed by atoms with Crippen LogP contribution in [0.5, 0.6) is 5.75 Å². The topological polar surface area (TPSA) is 97.4 Å². The normalized spacial score (nSPS) is 11.3. The first-order valence-electron chi connectivity index (χ1n) is 8.99. The maximum absolute atomic E-state index is 12.9. The van der Waals surface area contributed by atoms with Crippen molar-refractivity contribution >= 4 is 59.9 Å². The average molecular weight is 474 g/mol. The highest BCUT2D eigenvalue weighted by Gasteiger charge is 2.21. The molecule has 3 aromatic carbocycles. The molecule has 0 aliphatic heterocycles. The summed E-state index contributed by atoms with van der Waals surface area (Å²) in [5.74, 6) is -0.0877. The second kappa shape index (κ2) is 8.54. The number of anilines is 2. The van der Waals surface area contributed by atoms with Crippen LogP contribution in [0, 0.1) is 0 Å². The lowest BCUT2D eigenvalue weighted by Gasteiger charge is -2.12. The molecule has 0 saturated heterocycles. The third kappa shape index (κ3) is 4.63. The highest BCUT2D eigenvalue weighted by molar-refractivity contribution is 7.92. The van der Waals surface area contributed by atoms with Gasteiger partial charge in [0.25, 0.3) is 15.9 Å². The smallest absolute Gasteiger partial charge is 0.265 e. The van der Waals surface area contributed by atoms with Gasteiger partial charge in [0.2, 0.25) is 0 Å². The van der Waals surface area contributed by atoms with E-state index in [4.69, 9.17) is 16.3 Å². The first-order chi connectivity index (χ1) is 14.9. The summed E-state index contributed by atoms with van der Waals surface area (Å²) >= 11 is 7.20. The van der Waals surface area contributed by atoms with Crippen LogP contribution in [0.2, 0.25) is 5.02 Å². The molecule has 0 aliphatic rings. The summed E-state index contributed by atoms with van der Waals surface area (Å²) < 4.78 is 34.1. The lowest BCUT2D eigenvalue weighted by atomic mass is 10.2. The van der Waals surface area contributed by atoms with Crippen molar-refractivity contribution in [3.8, 4) is 5.75 Å². The van der Waals surface area contributed by atoms with Gasteiger partial charge in [-0.1, -0.05) is 41.1 Å². The number of aromatic nitrogens is 1. The molecular weight excluding hydrogens is 458 g/mol. The standard InChI is InChI=1S/C21H16ClN3O4S2/c1-29-17-10-7-14(22)11-19(17)31(27,28)25-15-8-9-16-18(12-15)30-21(23-16)24-20(26)13-5-3-2-4-6-13/h2-12,25H,1H3,(H,23,24,26). The number of hydrogen-bond donors (Lipinski definition) is 2. The maximum Gasteiger partial charge on any atom is 0.265 e. The van der Waals surface area contributed by atoms with Crippen LogP contribution in [0.15, 0.2) is 71.6 Å². The summed E-state index contributed by atoms with van der Waals surface area (Å²) in [5.41, 5.74) is 1.50. The number of thiazole rings is 1. The minimum Gasteiger partial charge on any atom is -0.495 e. The molecule has 4 aromatic rings. The Hall–Kier alpha value is -3.14. The Labute approximate surface area is 187 Å². The number of carbonyl (C=O) groups is 1. The quantitative estimate of drug-likeness (QED) is 0.410. The third-order valence-electron chi connectivity index (χ3n) is 4.31. The van der Waals surface area contributed by atoms with E-state index in [0.29, 0.717) is 26.6 Å². The molecule has 158 valence electrons. The largest absolute Gasteiger partial charge is 0.495 e. The molecule has 1 heterocycles. The van der Waals surface area contributed by atoms with Gasteiger partial charge in [-0.05, 0) is 48.5 Å². The number of hydrogen-bond acceptors (Lipinski definition) is 6. The fourth-order valence-electron chi connectivity index (χ4n) is 2.87. The van der Waals surface area contributed by atoms with Crippen LogP contribution in [0.3, 0.4) is 0 Å². The SMILES string of the molecule is COc1ccc(Cl)cc1S(=O)(=O)Nc1ccc2nc(NC(=O)c3ccccc3)sc2c1. The molecule has 7 nitrogen and oxygen atoms in total. The number of ether oxygens (including phenoxy) is 1. The van der Waals surface area contributed by atoms with Crippen molar-refractivity contribution in [2.24, 2.45) is 0 Å². The van der Waals surface area contributed by atoms with Gasteiger partial charge in [-0.15, -0.1) is 0 Å². The van der Waals surface area contributed by atoms with Gasteiger partial charge in [0.1, 0.15) is 10.6 Å². The van der Waals surface area contributed by atoms with Crippen LogP contribution >= 0.6 is 22.9 Å². The molecule has 0 aliphatic carbocycles. The average Bonchev–Trinajstić information content (AvgIpc) is 3.15. The molecule has 4 rings (SSSR count). The molecule has 0 unspecified atom stereocenters. The molecule has 10 heteroatoms. The van der Waals surface area contributed by atoms with Gasteiger partial charge in [-0.25, -0.2) is 13.4 Å². The van der Waals surface area contributed by atoms with Crippen LogP contribution in [0.4, 0.5) is 10.8 Å². The number of amides is 1. The molecule has 0 bridgehead atoms. The van der Waals surface area contributed by atoms with Gasteiger partial charge in [0.05, 0.1) is 23.0 Å². The Kier molecular flexibility index (Phi) is 5.81. The highest BCUT2D eigenvalue weighted by atomic mass is 35.5. The van der Waals surface area contributed by atoms with Crippen molar-refractivity contribution in [2.45, 2.75) is 4.90 Å². The summed E-state index contributed by atoms with van der Waals surface area (Å²) in [6, 6.07) is 18.1. The van der Waals surface area contributed by atoms with Crippen LogP contribution in [-0.2, 0) is 10.0 Å². The van der Waals surface area contributed by atoms with Gasteiger partial charge in [0, 0.05) is 10.6 Å². The fourth-order valence-corrected chi connectivity index (χ4v) is 5.25. The number of halogens is 1. The molecule has 0 spiro atoms. The van der Waals surface area contributed by atoms with E-state index in [-0.39, 0.29) is 21.6 Å². The zero-order valence-electron chi connectivity index (χ0n) is 16.1. The van der Waals surface area contributed by atoms with Crippen molar-refractivity contribution in [1.82, 2.24) is 4.98 Å². The van der Waals surface area contributed by atoms with E-state index in [1.54, 1.807) is 48.5 Å². The Morgan fingerprint density at radius 3 is 2.58 bits per heavy atom. The molecule has 0 radical (unpaired) electrons. The number of rotatable bonds is 6. The number of nitrogens with zero attached hydrogens (tertiary/aromatic N) is 1. The second-order valence-electron chi connectivity index (χ2n) is 6.42. The number of nitrogens with one attached hydrogen (secondary N) is 2. The minimum absolute atomic E-state index is 0.0669. The van der Waals surface area contributed by atoms with Gasteiger partial charge in [-0.3, -0.25) is 14.8 Å². The van der Waals surface area contributed by atoms with Crippen LogP contribution in [0.25, 0.3) is 10.2 Å². The van der Waals surface area contributed by atoms with E-state index in [1.807, 2.05) is 6.07 Å². The molecule has 1 aromatic heterocycles. The lowest BCUT2D eigenvalue weighted by Crippen LogP contribution is -2.14. The molecular formula is C21H16ClN3O4S2. The van der Waals surface area contributed by atoms with Gasteiger partial charge in [-0.2, -0.15) is 0 Å². The van der Waals surface area contributed by atoms with E-state index < -0.39 is 10.0 Å². The predicted octanol–water partition coefficient (Wildman–Crippen LogP) is 5.01. The molecule has 0 atom stereocenters. The van der Waals surface area contributed by atoms with Gasteiger partial charge in [0.15, 0.2) is 5.13 Å². The van der Waals surface area contributed by atoms with Crippen molar-refractivity contribution < 1.29 is 17.9 Å². The van der Waals surface area contributed by atoms with E-state index in [9.17, 15) is 13.2 Å². The van der Waals surface area contributed by atoms with Gasteiger partial charge >= 0.3 is 0 Å². The molecule has 2 N–H and O–H groups in total. The Morgan fingerprint density at radius 1 is 1.06 bits per heavy atom. The zero-order valence-corrected chi connectivity index (χ0v) is 18.5. The molecule has 0 saturated carbocycles. The molecule has 1 amide bonds. The number of sulfonamides is 1. The fraction of sp³-hybridized carbons (Fsp3) is 0.0476. The maximum atomic E-state index is 12.9. The zero-order chi connectivity index (χ0) is 22.0. The van der Waals surface area contributed by atoms with Crippen LogP contribution in [0.1, 0.15) is 10.4 Å². The first-order valence-corrected chi connectivity index (χ1v) is 11.7. The summed E-state index contributed by atoms with van der Waals surface area (Å²) in [6.45, 7) is 0. The summed E-state index contributed by atoms with van der Waals surface area (Å²) in [6.07, 6.45) is 0. The summed E-state index contributed by atoms with van der Waals surface area (Å²) in [5, 5.41) is 3.45. The Bertz CT molecular complexity index is 1370. The number of carbonyl (C=O) groups excluding carboxylic acids is 1. The summed E-state index contributed by atoms with van der Waals surface area (Å²) in [4.78, 5) is 16.6. The van der Waals surface area contributed by atoms with Gasteiger partial charge < -0.3 is 4.74 Å². The monoisotopic (exact) mass is 473 g/mol. The van der Waals surface area contributed by atoms with E-state index in [1.165, 1.54) is 30.6 Å². The first kappa shape index (κ1) is 21.1. The Balaban J connectivity index is 1.59. The van der Waals surface area contributed by atoms with E-state index >= 15 is 0 Å². The lowest BCUT2D eigenvalue weighted by molar-refractivity contribution is 0.102. The highest BCUT2D eigenvalue weighted by Crippen LogP contribution is 2.32. The third-order valence-corrected chi connectivity index (χ3v) is 6.88. The summed E-state index contributed by atoms with van der Waals surface area (Å²) in [7, 11) is -2.55. The number of methoxy groups -OCH3 is 1. The van der Waals surface area contributed by atoms with Crippen LogP contribution in [-0.4, -0.2) is 26.4 Å². The molecule has 0 fully saturated rings. The van der Waals surface area contributed by atoms with E-state index in [2.05, 4.69) is 15.0 Å². The minimum atomic E-state index is -3.94. The van der Waals surface area contributed by atoms with Crippen LogP contribution < -0.4 is 14.8 Å². The van der Waals surface area contributed by atoms with Crippen molar-refractivity contribution in [3.63, 3.8) is 0 Å². The van der Waals surface area contributed by atoms with Crippen molar-refractivity contribution in [1.29, 1.82) is 0 Å². The van der Waals surface area contributed by atoms with E-state index in [0.717, 1.165) is 0 Å². The number of fused-ring (bicyclic) bond motifs is 1. The van der Waals surface area contributed by atoms with Crippen molar-refractivity contribution in [2.75, 3.05) is 17.1 Å². The van der Waals surface area contributed by atoms with Crippen molar-refractivity contribution in [3.05, 3.63) is 77.3 Å². The second-order valence-corrected chi connectivity index (χ2v) is 9.54. The molecule has 31 heavy (non-hydrogen) atoms. The predicted molar refractivity (Wildman–Crippen MR) is 123 cm³/mol. The number of benzene rings is 3.